The number of amides is 1. The lowest BCUT2D eigenvalue weighted by Gasteiger charge is -2.14. The van der Waals surface area contributed by atoms with Crippen LogP contribution in [0.25, 0.3) is 0 Å². The van der Waals surface area contributed by atoms with Gasteiger partial charge in [-0.1, -0.05) is 11.6 Å². The van der Waals surface area contributed by atoms with Crippen LogP contribution in [0.15, 0.2) is 30.3 Å². The third-order valence-corrected chi connectivity index (χ3v) is 3.39. The molecule has 0 aromatic heterocycles. The second-order valence-corrected chi connectivity index (χ2v) is 5.24. The molecule has 0 radical (unpaired) electrons. The van der Waals surface area contributed by atoms with Crippen molar-refractivity contribution < 1.29 is 28.5 Å². The molecule has 0 bridgehead atoms. The maximum atomic E-state index is 13.3. The average Bonchev–Trinajstić information content (AvgIpc) is 2.56. The number of carbonyl (C=O) groups is 1. The second-order valence-electron chi connectivity index (χ2n) is 4.84. The van der Waals surface area contributed by atoms with E-state index in [2.05, 4.69) is 5.32 Å². The molecule has 2 aromatic carbocycles. The predicted octanol–water partition coefficient (Wildman–Crippen LogP) is 2.62. The maximum Gasteiger partial charge on any atom is 0.262 e. The average molecular weight is 358 g/mol. The molecule has 2 rings (SSSR count). The van der Waals surface area contributed by atoms with Crippen molar-refractivity contribution in [2.75, 3.05) is 11.9 Å². The van der Waals surface area contributed by atoms with Gasteiger partial charge in [-0.3, -0.25) is 4.79 Å². The first-order chi connectivity index (χ1) is 11.4. The molecule has 0 saturated heterocycles. The maximum absolute atomic E-state index is 13.3. The van der Waals surface area contributed by atoms with E-state index in [0.717, 1.165) is 18.2 Å². The van der Waals surface area contributed by atoms with Crippen molar-refractivity contribution in [2.24, 2.45) is 0 Å². The van der Waals surface area contributed by atoms with Crippen molar-refractivity contribution in [1.29, 1.82) is 0 Å². The number of carbonyl (C=O) groups excluding carboxylic acids is 1. The molecule has 0 heterocycles. The molecule has 0 unspecified atom stereocenters. The molecule has 24 heavy (non-hydrogen) atoms. The fraction of sp³-hybridized carbons (Fsp3) is 0.188. The van der Waals surface area contributed by atoms with E-state index in [9.17, 15) is 23.8 Å². The number of hydrogen-bond donors (Lipinski definition) is 3. The normalized spacial score (nSPS) is 10.5. The fourth-order valence-corrected chi connectivity index (χ4v) is 2.22. The molecular formula is C16H14ClF2NO4. The van der Waals surface area contributed by atoms with Gasteiger partial charge < -0.3 is 20.3 Å². The minimum Gasteiger partial charge on any atom is -0.483 e. The number of aliphatic hydroxyl groups excluding tert-OH is 2. The van der Waals surface area contributed by atoms with Gasteiger partial charge >= 0.3 is 0 Å². The zero-order chi connectivity index (χ0) is 17.7. The zero-order valence-electron chi connectivity index (χ0n) is 12.4. The summed E-state index contributed by atoms with van der Waals surface area (Å²) in [5.74, 6) is -1.79. The summed E-state index contributed by atoms with van der Waals surface area (Å²) in [5.41, 5.74) is 0.493. The van der Waals surface area contributed by atoms with E-state index < -0.39 is 37.4 Å². The minimum atomic E-state index is -0.638. The van der Waals surface area contributed by atoms with E-state index in [1.807, 2.05) is 0 Å². The van der Waals surface area contributed by atoms with Crippen molar-refractivity contribution >= 4 is 23.2 Å². The van der Waals surface area contributed by atoms with E-state index in [1.165, 1.54) is 12.1 Å². The third-order valence-electron chi connectivity index (χ3n) is 3.10. The number of aliphatic hydroxyl groups is 2. The molecule has 0 aliphatic rings. The number of halogens is 3. The molecule has 128 valence electrons. The van der Waals surface area contributed by atoms with Gasteiger partial charge in [0, 0.05) is 16.8 Å². The van der Waals surface area contributed by atoms with Gasteiger partial charge in [-0.15, -0.1) is 0 Å². The van der Waals surface area contributed by atoms with Crippen molar-refractivity contribution in [3.05, 3.63) is 58.1 Å². The van der Waals surface area contributed by atoms with E-state index in [1.54, 1.807) is 0 Å². The first-order valence-electron chi connectivity index (χ1n) is 6.85. The summed E-state index contributed by atoms with van der Waals surface area (Å²) in [6, 6.07) is 5.77. The largest absolute Gasteiger partial charge is 0.483 e. The molecule has 0 fully saturated rings. The number of rotatable bonds is 6. The van der Waals surface area contributed by atoms with Crippen molar-refractivity contribution in [2.45, 2.75) is 13.2 Å². The van der Waals surface area contributed by atoms with E-state index in [-0.39, 0.29) is 27.6 Å². The highest BCUT2D eigenvalue weighted by Crippen LogP contribution is 2.26. The van der Waals surface area contributed by atoms with Crippen molar-refractivity contribution in [1.82, 2.24) is 0 Å². The van der Waals surface area contributed by atoms with Gasteiger partial charge in [0.15, 0.2) is 6.61 Å². The highest BCUT2D eigenvalue weighted by atomic mass is 35.5. The van der Waals surface area contributed by atoms with Gasteiger partial charge in [0.05, 0.1) is 18.2 Å². The van der Waals surface area contributed by atoms with Gasteiger partial charge in [-0.2, -0.15) is 0 Å². The Morgan fingerprint density at radius 1 is 1.12 bits per heavy atom. The smallest absolute Gasteiger partial charge is 0.262 e. The highest BCUT2D eigenvalue weighted by molar-refractivity contribution is 6.31. The lowest BCUT2D eigenvalue weighted by atomic mass is 10.1. The van der Waals surface area contributed by atoms with Crippen LogP contribution in [0.3, 0.4) is 0 Å². The summed E-state index contributed by atoms with van der Waals surface area (Å²) in [6.45, 7) is -1.49. The van der Waals surface area contributed by atoms with Crippen LogP contribution in [0, 0.1) is 11.6 Å². The van der Waals surface area contributed by atoms with Gasteiger partial charge in [0.25, 0.3) is 5.91 Å². The molecular weight excluding hydrogens is 344 g/mol. The van der Waals surface area contributed by atoms with Crippen LogP contribution in [0.4, 0.5) is 14.5 Å². The standard InChI is InChI=1S/C16H14ClF2NO4/c17-13-5-12(1-2-14(13)19)20-15(23)8-24-16-9(6-21)3-11(18)4-10(16)7-22/h1-5,21-22H,6-8H2,(H,20,23). The van der Waals surface area contributed by atoms with Gasteiger partial charge in [-0.05, 0) is 30.3 Å². The van der Waals surface area contributed by atoms with Gasteiger partial charge in [0.1, 0.15) is 17.4 Å². The first-order valence-corrected chi connectivity index (χ1v) is 7.23. The van der Waals surface area contributed by atoms with Crippen LogP contribution in [0.5, 0.6) is 5.75 Å². The summed E-state index contributed by atoms with van der Waals surface area (Å²) in [5, 5.41) is 20.8. The van der Waals surface area contributed by atoms with E-state index in [4.69, 9.17) is 16.3 Å². The molecule has 8 heteroatoms. The summed E-state index contributed by atoms with van der Waals surface area (Å²) < 4.78 is 31.7. The number of ether oxygens (including phenoxy) is 1. The lowest BCUT2D eigenvalue weighted by molar-refractivity contribution is -0.118. The van der Waals surface area contributed by atoms with Crippen LogP contribution in [-0.4, -0.2) is 22.7 Å². The Labute approximate surface area is 141 Å². The minimum absolute atomic E-state index is 0.0358. The topological polar surface area (TPSA) is 78.8 Å². The van der Waals surface area contributed by atoms with Crippen LogP contribution < -0.4 is 10.1 Å². The Morgan fingerprint density at radius 3 is 2.29 bits per heavy atom. The lowest BCUT2D eigenvalue weighted by Crippen LogP contribution is -2.21. The summed E-state index contributed by atoms with van der Waals surface area (Å²) >= 11 is 5.62. The molecule has 1 amide bonds. The third kappa shape index (κ3) is 4.41. The molecule has 0 saturated carbocycles. The zero-order valence-corrected chi connectivity index (χ0v) is 13.1. The summed E-state index contributed by atoms with van der Waals surface area (Å²) in [7, 11) is 0. The Balaban J connectivity index is 2.07. The molecule has 5 nitrogen and oxygen atoms in total. The SMILES string of the molecule is O=C(COc1c(CO)cc(F)cc1CO)Nc1ccc(F)c(Cl)c1. The number of anilines is 1. The van der Waals surface area contributed by atoms with Gasteiger partial charge in [0.2, 0.25) is 0 Å². The Morgan fingerprint density at radius 2 is 1.75 bits per heavy atom. The van der Waals surface area contributed by atoms with Crippen molar-refractivity contribution in [3.63, 3.8) is 0 Å². The monoisotopic (exact) mass is 357 g/mol. The first kappa shape index (κ1) is 18.1. The number of nitrogens with one attached hydrogen (secondary N) is 1. The van der Waals surface area contributed by atoms with E-state index >= 15 is 0 Å². The van der Waals surface area contributed by atoms with Crippen LogP contribution in [-0.2, 0) is 18.0 Å². The predicted molar refractivity (Wildman–Crippen MR) is 83.8 cm³/mol. The summed E-state index contributed by atoms with van der Waals surface area (Å²) in [6.07, 6.45) is 0. The molecule has 0 aliphatic carbocycles. The Kier molecular flexibility index (Phi) is 6.08. The van der Waals surface area contributed by atoms with Crippen LogP contribution in [0.1, 0.15) is 11.1 Å². The van der Waals surface area contributed by atoms with Gasteiger partial charge in [-0.25, -0.2) is 8.78 Å². The van der Waals surface area contributed by atoms with E-state index in [0.29, 0.717) is 0 Å². The molecule has 3 N–H and O–H groups in total. The number of hydrogen-bond acceptors (Lipinski definition) is 4. The molecule has 0 atom stereocenters. The Bertz CT molecular complexity index is 730. The summed E-state index contributed by atoms with van der Waals surface area (Å²) in [4.78, 5) is 11.9. The quantitative estimate of drug-likeness (QED) is 0.742. The molecule has 2 aromatic rings. The molecule has 0 spiro atoms. The highest BCUT2D eigenvalue weighted by Gasteiger charge is 2.14. The van der Waals surface area contributed by atoms with Crippen molar-refractivity contribution in [3.8, 4) is 5.75 Å². The molecule has 0 aliphatic heterocycles. The second kappa shape index (κ2) is 8.05. The Hall–Kier alpha value is -2.22. The number of benzene rings is 2. The van der Waals surface area contributed by atoms with Crippen LogP contribution >= 0.6 is 11.6 Å². The van der Waals surface area contributed by atoms with Crippen LogP contribution in [0.2, 0.25) is 5.02 Å². The fourth-order valence-electron chi connectivity index (χ4n) is 2.04.